The smallest absolute Gasteiger partial charge is 0.266 e. The molecule has 6 nitrogen and oxygen atoms in total. The standard InChI is InChI=1S/C19H18N2O4S/c1-11-4-6-13(15(23)8-11)20-19-21(2)18(24)17(26-19)10-12-5-7-14(22)16(9-12)25-3/h4-10,22-23H,1-3H3/b17-10-,20-19?. The Morgan fingerprint density at radius 2 is 1.92 bits per heavy atom. The Morgan fingerprint density at radius 3 is 2.62 bits per heavy atom. The third-order valence-electron chi connectivity index (χ3n) is 3.85. The van der Waals surface area contributed by atoms with Crippen molar-refractivity contribution in [3.05, 3.63) is 52.4 Å². The molecule has 1 saturated heterocycles. The zero-order valence-electron chi connectivity index (χ0n) is 14.6. The van der Waals surface area contributed by atoms with Gasteiger partial charge in [-0.05, 0) is 60.2 Å². The number of aryl methyl sites for hydroxylation is 1. The first kappa shape index (κ1) is 17.9. The predicted molar refractivity (Wildman–Crippen MR) is 103 cm³/mol. The van der Waals surface area contributed by atoms with Crippen LogP contribution in [-0.4, -0.2) is 40.3 Å². The van der Waals surface area contributed by atoms with Gasteiger partial charge in [-0.1, -0.05) is 12.1 Å². The highest BCUT2D eigenvalue weighted by Crippen LogP contribution is 2.36. The molecule has 2 aromatic carbocycles. The van der Waals surface area contributed by atoms with Gasteiger partial charge in [0, 0.05) is 7.05 Å². The molecule has 0 aromatic heterocycles. The number of nitrogens with zero attached hydrogens (tertiary/aromatic N) is 2. The highest BCUT2D eigenvalue weighted by Gasteiger charge is 2.30. The van der Waals surface area contributed by atoms with Gasteiger partial charge in [0.1, 0.15) is 11.4 Å². The molecule has 134 valence electrons. The van der Waals surface area contributed by atoms with Crippen LogP contribution in [0, 0.1) is 6.92 Å². The molecule has 0 saturated carbocycles. The topological polar surface area (TPSA) is 82.4 Å². The Kier molecular flexibility index (Phi) is 4.90. The van der Waals surface area contributed by atoms with Crippen LogP contribution in [0.3, 0.4) is 0 Å². The highest BCUT2D eigenvalue weighted by molar-refractivity contribution is 8.18. The molecule has 1 aliphatic heterocycles. The van der Waals surface area contributed by atoms with Gasteiger partial charge >= 0.3 is 0 Å². The summed E-state index contributed by atoms with van der Waals surface area (Å²) in [6, 6.07) is 10.0. The van der Waals surface area contributed by atoms with Crippen LogP contribution < -0.4 is 4.74 Å². The molecule has 3 rings (SSSR count). The Morgan fingerprint density at radius 1 is 1.15 bits per heavy atom. The fourth-order valence-corrected chi connectivity index (χ4v) is 3.40. The van der Waals surface area contributed by atoms with Crippen LogP contribution in [0.5, 0.6) is 17.2 Å². The number of hydrogen-bond donors (Lipinski definition) is 2. The maximum atomic E-state index is 12.5. The number of amidine groups is 1. The van der Waals surface area contributed by atoms with Crippen LogP contribution in [0.25, 0.3) is 6.08 Å². The third kappa shape index (κ3) is 3.52. The summed E-state index contributed by atoms with van der Waals surface area (Å²) in [6.07, 6.45) is 1.71. The molecule has 26 heavy (non-hydrogen) atoms. The lowest BCUT2D eigenvalue weighted by atomic mass is 10.2. The second-order valence-electron chi connectivity index (χ2n) is 5.79. The van der Waals surface area contributed by atoms with Gasteiger partial charge < -0.3 is 14.9 Å². The number of phenols is 2. The molecule has 1 amide bonds. The zero-order valence-corrected chi connectivity index (χ0v) is 15.4. The van der Waals surface area contributed by atoms with Gasteiger partial charge in [0.2, 0.25) is 0 Å². The summed E-state index contributed by atoms with van der Waals surface area (Å²) in [6.45, 7) is 1.88. The quantitative estimate of drug-likeness (QED) is 0.806. The lowest BCUT2D eigenvalue weighted by Crippen LogP contribution is -2.23. The Hall–Kier alpha value is -2.93. The summed E-state index contributed by atoms with van der Waals surface area (Å²) in [4.78, 5) is 18.8. The summed E-state index contributed by atoms with van der Waals surface area (Å²) >= 11 is 1.22. The first-order valence-corrected chi connectivity index (χ1v) is 8.63. The Balaban J connectivity index is 1.92. The number of thioether (sulfide) groups is 1. The molecule has 2 N–H and O–H groups in total. The van der Waals surface area contributed by atoms with Gasteiger partial charge in [0.15, 0.2) is 16.7 Å². The molecule has 2 aromatic rings. The molecule has 0 atom stereocenters. The van der Waals surface area contributed by atoms with Crippen molar-refractivity contribution in [1.82, 2.24) is 4.90 Å². The lowest BCUT2D eigenvalue weighted by Gasteiger charge is -2.08. The number of aliphatic imine (C=N–C) groups is 1. The number of carbonyl (C=O) groups excluding carboxylic acids is 1. The van der Waals surface area contributed by atoms with Gasteiger partial charge in [-0.2, -0.15) is 0 Å². The van der Waals surface area contributed by atoms with Crippen molar-refractivity contribution in [2.24, 2.45) is 4.99 Å². The molecule has 1 heterocycles. The van der Waals surface area contributed by atoms with Gasteiger partial charge in [-0.3, -0.25) is 9.69 Å². The number of amides is 1. The van der Waals surface area contributed by atoms with E-state index in [1.807, 2.05) is 13.0 Å². The van der Waals surface area contributed by atoms with E-state index in [0.717, 1.165) is 11.1 Å². The van der Waals surface area contributed by atoms with E-state index in [0.29, 0.717) is 21.5 Å². The van der Waals surface area contributed by atoms with Crippen LogP contribution in [0.2, 0.25) is 0 Å². The maximum absolute atomic E-state index is 12.5. The summed E-state index contributed by atoms with van der Waals surface area (Å²) in [5.74, 6) is 0.253. The fraction of sp³-hybridized carbons (Fsp3) is 0.158. The van der Waals surface area contributed by atoms with E-state index in [1.165, 1.54) is 29.8 Å². The molecule has 1 fully saturated rings. The third-order valence-corrected chi connectivity index (χ3v) is 4.91. The number of ether oxygens (including phenoxy) is 1. The van der Waals surface area contributed by atoms with Crippen LogP contribution >= 0.6 is 11.8 Å². The summed E-state index contributed by atoms with van der Waals surface area (Å²) in [7, 11) is 3.10. The Bertz CT molecular complexity index is 937. The normalized spacial score (nSPS) is 17.3. The fourth-order valence-electron chi connectivity index (χ4n) is 2.42. The average molecular weight is 370 g/mol. The molecular weight excluding hydrogens is 352 g/mol. The molecule has 0 aliphatic carbocycles. The van der Waals surface area contributed by atoms with Crippen molar-refractivity contribution in [3.63, 3.8) is 0 Å². The minimum atomic E-state index is -0.188. The first-order chi connectivity index (χ1) is 12.4. The monoisotopic (exact) mass is 370 g/mol. The maximum Gasteiger partial charge on any atom is 0.266 e. The van der Waals surface area contributed by atoms with Crippen molar-refractivity contribution < 1.29 is 19.7 Å². The lowest BCUT2D eigenvalue weighted by molar-refractivity contribution is -0.121. The SMILES string of the molecule is COc1cc(/C=C2\SC(=Nc3ccc(C)cc3O)N(C)C2=O)ccc1O. The number of benzene rings is 2. The van der Waals surface area contributed by atoms with Crippen molar-refractivity contribution in [2.45, 2.75) is 6.92 Å². The number of carbonyl (C=O) groups is 1. The number of likely N-dealkylation sites (N-methyl/N-ethyl adjacent to an activating group) is 1. The molecule has 0 spiro atoms. The highest BCUT2D eigenvalue weighted by atomic mass is 32.2. The number of phenolic OH excluding ortho intramolecular Hbond substituents is 2. The largest absolute Gasteiger partial charge is 0.506 e. The van der Waals surface area contributed by atoms with E-state index in [1.54, 1.807) is 37.4 Å². The number of rotatable bonds is 3. The number of hydrogen-bond acceptors (Lipinski definition) is 6. The summed E-state index contributed by atoms with van der Waals surface area (Å²) < 4.78 is 5.09. The van der Waals surface area contributed by atoms with Gasteiger partial charge in [-0.15, -0.1) is 0 Å². The van der Waals surface area contributed by atoms with Crippen molar-refractivity contribution in [1.29, 1.82) is 0 Å². The first-order valence-electron chi connectivity index (χ1n) is 7.82. The van der Waals surface area contributed by atoms with Crippen LogP contribution in [-0.2, 0) is 4.79 Å². The molecule has 0 radical (unpaired) electrons. The molecule has 0 unspecified atom stereocenters. The second kappa shape index (κ2) is 7.13. The van der Waals surface area contributed by atoms with E-state index in [4.69, 9.17) is 4.74 Å². The minimum Gasteiger partial charge on any atom is -0.506 e. The van der Waals surface area contributed by atoms with E-state index in [9.17, 15) is 15.0 Å². The summed E-state index contributed by atoms with van der Waals surface area (Å²) in [5, 5.41) is 20.2. The Labute approximate surface area is 155 Å². The summed E-state index contributed by atoms with van der Waals surface area (Å²) in [5.41, 5.74) is 2.06. The predicted octanol–water partition coefficient (Wildman–Crippen LogP) is 3.65. The van der Waals surface area contributed by atoms with E-state index in [-0.39, 0.29) is 17.4 Å². The van der Waals surface area contributed by atoms with Gasteiger partial charge in [-0.25, -0.2) is 4.99 Å². The van der Waals surface area contributed by atoms with E-state index in [2.05, 4.69) is 4.99 Å². The van der Waals surface area contributed by atoms with E-state index >= 15 is 0 Å². The molecule has 7 heteroatoms. The second-order valence-corrected chi connectivity index (χ2v) is 6.80. The zero-order chi connectivity index (χ0) is 18.8. The van der Waals surface area contributed by atoms with Crippen LogP contribution in [0.1, 0.15) is 11.1 Å². The molecule has 1 aliphatic rings. The average Bonchev–Trinajstić information content (AvgIpc) is 2.87. The molecule has 0 bridgehead atoms. The van der Waals surface area contributed by atoms with Gasteiger partial charge in [0.05, 0.1) is 12.0 Å². The van der Waals surface area contributed by atoms with E-state index < -0.39 is 0 Å². The molecular formula is C19H18N2O4S. The number of methoxy groups -OCH3 is 1. The van der Waals surface area contributed by atoms with Crippen LogP contribution in [0.4, 0.5) is 5.69 Å². The number of aromatic hydroxyl groups is 2. The van der Waals surface area contributed by atoms with Crippen molar-refractivity contribution in [2.75, 3.05) is 14.2 Å². The van der Waals surface area contributed by atoms with Crippen molar-refractivity contribution in [3.8, 4) is 17.2 Å². The van der Waals surface area contributed by atoms with Gasteiger partial charge in [0.25, 0.3) is 5.91 Å². The minimum absolute atomic E-state index is 0.0364. The van der Waals surface area contributed by atoms with Crippen LogP contribution in [0.15, 0.2) is 46.3 Å². The van der Waals surface area contributed by atoms with Crippen molar-refractivity contribution >= 4 is 34.6 Å².